The van der Waals surface area contributed by atoms with Crippen LogP contribution in [0.4, 0.5) is 0 Å². The summed E-state index contributed by atoms with van der Waals surface area (Å²) < 4.78 is 10.2. The van der Waals surface area contributed by atoms with E-state index in [1.54, 1.807) is 24.3 Å². The van der Waals surface area contributed by atoms with Crippen LogP contribution in [0.25, 0.3) is 0 Å². The van der Waals surface area contributed by atoms with Gasteiger partial charge >= 0.3 is 35.5 Å². The third-order valence-electron chi connectivity index (χ3n) is 1.97. The molecule has 0 saturated heterocycles. The fraction of sp³-hybridized carbons (Fsp3) is 0.417. The zero-order chi connectivity index (χ0) is 12.7. The molecule has 0 saturated carbocycles. The Hall–Kier alpha value is -0.260. The molecule has 0 heterocycles. The van der Waals surface area contributed by atoms with Crippen LogP contribution < -0.4 is 4.74 Å². The number of rotatable bonds is 6. The van der Waals surface area contributed by atoms with Gasteiger partial charge in [-0.2, -0.15) is 0 Å². The van der Waals surface area contributed by atoms with Crippen LogP contribution in [-0.4, -0.2) is 74.3 Å². The van der Waals surface area contributed by atoms with E-state index in [0.717, 1.165) is 0 Å². The van der Waals surface area contributed by atoms with Crippen LogP contribution in [-0.2, 0) is 9.53 Å². The molecule has 1 aromatic carbocycles. The Labute approximate surface area is 134 Å². The number of likely N-dealkylation sites (N-methyl/N-ethyl adjacent to an activating group) is 1. The van der Waals surface area contributed by atoms with Crippen molar-refractivity contribution in [2.45, 2.75) is 0 Å². The molecule has 0 bridgehead atoms. The van der Waals surface area contributed by atoms with E-state index in [2.05, 4.69) is 0 Å². The van der Waals surface area contributed by atoms with Crippen molar-refractivity contribution in [3.8, 4) is 5.75 Å². The van der Waals surface area contributed by atoms with E-state index in [1.807, 2.05) is 19.0 Å². The quantitative estimate of drug-likeness (QED) is 0.580. The molecule has 0 radical (unpaired) electrons. The van der Waals surface area contributed by atoms with E-state index in [4.69, 9.17) is 21.1 Å². The van der Waals surface area contributed by atoms with Crippen LogP contribution in [0.1, 0.15) is 0 Å². The van der Waals surface area contributed by atoms with Crippen LogP contribution in [0.2, 0.25) is 5.02 Å². The van der Waals surface area contributed by atoms with E-state index >= 15 is 0 Å². The van der Waals surface area contributed by atoms with Gasteiger partial charge in [-0.15, -0.1) is 0 Å². The molecule has 4 nitrogen and oxygen atoms in total. The number of esters is 1. The van der Waals surface area contributed by atoms with Crippen molar-refractivity contribution in [1.29, 1.82) is 0 Å². The van der Waals surface area contributed by atoms with Crippen molar-refractivity contribution in [2.24, 2.45) is 0 Å². The van der Waals surface area contributed by atoms with Gasteiger partial charge in [-0.3, -0.25) is 0 Å². The molecule has 0 unspecified atom stereocenters. The van der Waals surface area contributed by atoms with Gasteiger partial charge in [0.05, 0.1) is 0 Å². The number of halogens is 1. The molecule has 0 aliphatic heterocycles. The number of ether oxygens (including phenoxy) is 2. The molecule has 1 rings (SSSR count). The zero-order valence-corrected chi connectivity index (χ0v) is 10.7. The number of nitrogens with zero attached hydrogens (tertiary/aromatic N) is 1. The van der Waals surface area contributed by atoms with Crippen LogP contribution in [0, 0.1) is 0 Å². The van der Waals surface area contributed by atoms with Gasteiger partial charge in [-0.25, -0.2) is 4.79 Å². The molecule has 0 spiro atoms. The predicted molar refractivity (Wildman–Crippen MR) is 73.6 cm³/mol. The first kappa shape index (κ1) is 17.7. The first-order valence-electron chi connectivity index (χ1n) is 5.26. The normalized spacial score (nSPS) is 9.78. The summed E-state index contributed by atoms with van der Waals surface area (Å²) >= 11 is 5.72. The monoisotopic (exact) mass is 281 g/mol. The van der Waals surface area contributed by atoms with Crippen LogP contribution >= 0.6 is 11.6 Å². The van der Waals surface area contributed by atoms with Crippen molar-refractivity contribution in [3.63, 3.8) is 0 Å². The maximum atomic E-state index is 11.3. The Morgan fingerprint density at radius 1 is 1.28 bits per heavy atom. The molecule has 6 heteroatoms. The summed E-state index contributed by atoms with van der Waals surface area (Å²) in [5.41, 5.74) is 0. The number of carbonyl (C=O) groups excluding carboxylic acids is 1. The van der Waals surface area contributed by atoms with Crippen molar-refractivity contribution >= 4 is 47.1 Å². The SMILES string of the molecule is CN(C)CCOC(=O)COc1ccc(Cl)cc1.[NaH]. The van der Waals surface area contributed by atoms with Crippen LogP contribution in [0.15, 0.2) is 24.3 Å². The topological polar surface area (TPSA) is 38.8 Å². The maximum absolute atomic E-state index is 11.3. The summed E-state index contributed by atoms with van der Waals surface area (Å²) in [5, 5.41) is 0.630. The summed E-state index contributed by atoms with van der Waals surface area (Å²) in [4.78, 5) is 13.2. The molecule has 0 amide bonds. The average Bonchev–Trinajstić information content (AvgIpc) is 2.28. The molecule has 96 valence electrons. The fourth-order valence-corrected chi connectivity index (χ4v) is 1.18. The number of carbonyl (C=O) groups is 1. The van der Waals surface area contributed by atoms with Gasteiger partial charge in [-0.05, 0) is 38.4 Å². The first-order chi connectivity index (χ1) is 8.08. The minimum absolute atomic E-state index is 0. The van der Waals surface area contributed by atoms with E-state index in [1.165, 1.54) is 0 Å². The summed E-state index contributed by atoms with van der Waals surface area (Å²) in [6.07, 6.45) is 0. The molecular formula is C12H17ClNNaO3. The fourth-order valence-electron chi connectivity index (χ4n) is 1.06. The van der Waals surface area contributed by atoms with Crippen molar-refractivity contribution in [3.05, 3.63) is 29.3 Å². The standard InChI is InChI=1S/C12H16ClNO3.Na.H/c1-14(2)7-8-16-12(15)9-17-11-5-3-10(13)4-6-11;;/h3-6H,7-9H2,1-2H3;;. The Morgan fingerprint density at radius 2 is 1.89 bits per heavy atom. The molecular weight excluding hydrogens is 265 g/mol. The molecule has 0 fully saturated rings. The Balaban J connectivity index is 0.00000289. The van der Waals surface area contributed by atoms with Gasteiger partial charge in [0, 0.05) is 11.6 Å². The Bertz CT molecular complexity index is 357. The number of hydrogen-bond acceptors (Lipinski definition) is 4. The van der Waals surface area contributed by atoms with E-state index < -0.39 is 0 Å². The minimum atomic E-state index is -0.373. The van der Waals surface area contributed by atoms with Gasteiger partial charge < -0.3 is 14.4 Å². The second-order valence-corrected chi connectivity index (χ2v) is 4.20. The predicted octanol–water partition coefficient (Wildman–Crippen LogP) is 1.18. The van der Waals surface area contributed by atoms with E-state index in [9.17, 15) is 4.79 Å². The number of benzene rings is 1. The molecule has 0 aliphatic carbocycles. The summed E-state index contributed by atoms with van der Waals surface area (Å²) in [6.45, 7) is 0.984. The first-order valence-corrected chi connectivity index (χ1v) is 5.64. The van der Waals surface area contributed by atoms with E-state index in [-0.39, 0.29) is 42.1 Å². The molecule has 0 aromatic heterocycles. The van der Waals surface area contributed by atoms with Crippen molar-refractivity contribution in [2.75, 3.05) is 33.9 Å². The molecule has 0 atom stereocenters. The summed E-state index contributed by atoms with van der Waals surface area (Å²) in [5.74, 6) is 0.223. The third kappa shape index (κ3) is 7.95. The summed E-state index contributed by atoms with van der Waals surface area (Å²) in [6, 6.07) is 6.81. The molecule has 1 aromatic rings. The molecule has 18 heavy (non-hydrogen) atoms. The Morgan fingerprint density at radius 3 is 2.44 bits per heavy atom. The Kier molecular flexibility index (Phi) is 9.50. The number of hydrogen-bond donors (Lipinski definition) is 0. The average molecular weight is 282 g/mol. The zero-order valence-electron chi connectivity index (χ0n) is 9.98. The van der Waals surface area contributed by atoms with Gasteiger partial charge in [0.1, 0.15) is 12.4 Å². The van der Waals surface area contributed by atoms with Gasteiger partial charge in [0.25, 0.3) is 0 Å². The van der Waals surface area contributed by atoms with Gasteiger partial charge in [-0.1, -0.05) is 11.6 Å². The summed E-state index contributed by atoms with van der Waals surface area (Å²) in [7, 11) is 3.83. The van der Waals surface area contributed by atoms with Gasteiger partial charge in [0.15, 0.2) is 6.61 Å². The van der Waals surface area contributed by atoms with Crippen molar-refractivity contribution in [1.82, 2.24) is 4.90 Å². The second kappa shape index (κ2) is 9.64. The second-order valence-electron chi connectivity index (χ2n) is 3.77. The molecule has 0 aliphatic rings. The van der Waals surface area contributed by atoms with Gasteiger partial charge in [0.2, 0.25) is 0 Å². The van der Waals surface area contributed by atoms with Crippen molar-refractivity contribution < 1.29 is 14.3 Å². The van der Waals surface area contributed by atoms with Crippen LogP contribution in [0.5, 0.6) is 5.75 Å². The van der Waals surface area contributed by atoms with Crippen LogP contribution in [0.3, 0.4) is 0 Å². The van der Waals surface area contributed by atoms with E-state index in [0.29, 0.717) is 23.9 Å². The third-order valence-corrected chi connectivity index (χ3v) is 2.22. The molecule has 0 N–H and O–H groups in total.